The minimum absolute atomic E-state index is 0.0121. The Kier molecular flexibility index (Phi) is 7.30. The standard InChI is InChI=1S/C16H26N4O/c1-16(2,3)19-11-15(21)13-20(9-5-7-17)12-14-6-4-8-18-10-14/h4,6,8,10,15,19,21H,5,9,11-13H2,1-3H3. The summed E-state index contributed by atoms with van der Waals surface area (Å²) in [6, 6.07) is 6.06. The monoisotopic (exact) mass is 290 g/mol. The van der Waals surface area contributed by atoms with Gasteiger partial charge in [-0.2, -0.15) is 5.26 Å². The molecule has 21 heavy (non-hydrogen) atoms. The van der Waals surface area contributed by atoms with Crippen LogP contribution in [0.1, 0.15) is 32.8 Å². The van der Waals surface area contributed by atoms with Crippen molar-refractivity contribution in [3.05, 3.63) is 30.1 Å². The van der Waals surface area contributed by atoms with E-state index in [-0.39, 0.29) is 5.54 Å². The van der Waals surface area contributed by atoms with Gasteiger partial charge in [-0.25, -0.2) is 0 Å². The van der Waals surface area contributed by atoms with Gasteiger partial charge in [0.1, 0.15) is 0 Å². The first-order chi connectivity index (χ1) is 9.90. The summed E-state index contributed by atoms with van der Waals surface area (Å²) < 4.78 is 0. The number of hydrogen-bond acceptors (Lipinski definition) is 5. The molecule has 0 spiro atoms. The summed E-state index contributed by atoms with van der Waals surface area (Å²) in [6.45, 7) is 8.65. The minimum Gasteiger partial charge on any atom is -0.390 e. The summed E-state index contributed by atoms with van der Waals surface area (Å²) in [5, 5.41) is 22.2. The lowest BCUT2D eigenvalue weighted by Crippen LogP contribution is -2.44. The third-order valence-electron chi connectivity index (χ3n) is 3.01. The Balaban J connectivity index is 2.51. The molecule has 0 saturated heterocycles. The predicted octanol–water partition coefficient (Wildman–Crippen LogP) is 1.55. The number of nitrogens with one attached hydrogen (secondary N) is 1. The lowest BCUT2D eigenvalue weighted by molar-refractivity contribution is 0.102. The normalized spacial score (nSPS) is 13.1. The summed E-state index contributed by atoms with van der Waals surface area (Å²) in [5.74, 6) is 0. The van der Waals surface area contributed by atoms with Crippen LogP contribution in [-0.4, -0.2) is 46.3 Å². The molecule has 0 radical (unpaired) electrons. The Labute approximate surface area is 127 Å². The van der Waals surface area contributed by atoms with Crippen molar-refractivity contribution in [1.82, 2.24) is 15.2 Å². The molecule has 0 amide bonds. The number of β-amino-alcohol motifs (C(OH)–C–C–N with tert-alkyl or cyclic N) is 1. The van der Waals surface area contributed by atoms with E-state index in [2.05, 4.69) is 42.0 Å². The van der Waals surface area contributed by atoms with Gasteiger partial charge in [0.2, 0.25) is 0 Å². The molecule has 0 fully saturated rings. The second-order valence-corrected chi connectivity index (χ2v) is 6.29. The van der Waals surface area contributed by atoms with E-state index in [1.54, 1.807) is 6.20 Å². The predicted molar refractivity (Wildman–Crippen MR) is 83.5 cm³/mol. The van der Waals surface area contributed by atoms with Crippen LogP contribution >= 0.6 is 0 Å². The zero-order valence-electron chi connectivity index (χ0n) is 13.2. The smallest absolute Gasteiger partial charge is 0.0791 e. The van der Waals surface area contributed by atoms with Gasteiger partial charge in [-0.05, 0) is 32.4 Å². The van der Waals surface area contributed by atoms with Gasteiger partial charge >= 0.3 is 0 Å². The first-order valence-electron chi connectivity index (χ1n) is 7.32. The van der Waals surface area contributed by atoms with Crippen LogP contribution in [-0.2, 0) is 6.54 Å². The van der Waals surface area contributed by atoms with Crippen LogP contribution in [0, 0.1) is 11.3 Å². The van der Waals surface area contributed by atoms with Crippen LogP contribution in [0.15, 0.2) is 24.5 Å². The van der Waals surface area contributed by atoms with E-state index in [0.29, 0.717) is 32.6 Å². The molecule has 1 rings (SSSR count). The highest BCUT2D eigenvalue weighted by Gasteiger charge is 2.15. The largest absolute Gasteiger partial charge is 0.390 e. The molecule has 2 N–H and O–H groups in total. The first kappa shape index (κ1) is 17.6. The molecule has 5 heteroatoms. The first-order valence-corrected chi connectivity index (χ1v) is 7.32. The van der Waals surface area contributed by atoms with Gasteiger partial charge in [-0.3, -0.25) is 9.88 Å². The summed E-state index contributed by atoms with van der Waals surface area (Å²) >= 11 is 0. The number of aliphatic hydroxyl groups is 1. The quantitative estimate of drug-likeness (QED) is 0.760. The van der Waals surface area contributed by atoms with Crippen molar-refractivity contribution < 1.29 is 5.11 Å². The molecule has 0 saturated carbocycles. The molecule has 1 aromatic heterocycles. The van der Waals surface area contributed by atoms with Crippen molar-refractivity contribution in [3.8, 4) is 6.07 Å². The maximum absolute atomic E-state index is 10.2. The molecule has 5 nitrogen and oxygen atoms in total. The molecule has 0 aliphatic heterocycles. The number of nitriles is 1. The lowest BCUT2D eigenvalue weighted by atomic mass is 10.1. The Morgan fingerprint density at radius 2 is 2.24 bits per heavy atom. The third kappa shape index (κ3) is 8.41. The van der Waals surface area contributed by atoms with Crippen LogP contribution < -0.4 is 5.32 Å². The van der Waals surface area contributed by atoms with Gasteiger partial charge in [0.05, 0.1) is 12.2 Å². The minimum atomic E-state index is -0.459. The molecule has 1 atom stereocenters. The van der Waals surface area contributed by atoms with Crippen molar-refractivity contribution in [2.75, 3.05) is 19.6 Å². The Bertz CT molecular complexity index is 436. The van der Waals surface area contributed by atoms with Crippen LogP contribution in [0.4, 0.5) is 0 Å². The highest BCUT2D eigenvalue weighted by molar-refractivity contribution is 5.08. The van der Waals surface area contributed by atoms with Gasteiger partial charge in [-0.1, -0.05) is 6.07 Å². The molecule has 116 valence electrons. The van der Waals surface area contributed by atoms with Crippen molar-refractivity contribution in [2.45, 2.75) is 45.4 Å². The number of hydrogen-bond donors (Lipinski definition) is 2. The van der Waals surface area contributed by atoms with Crippen LogP contribution in [0.2, 0.25) is 0 Å². The maximum Gasteiger partial charge on any atom is 0.0791 e. The Morgan fingerprint density at radius 1 is 1.48 bits per heavy atom. The van der Waals surface area contributed by atoms with E-state index in [1.807, 2.05) is 18.3 Å². The lowest BCUT2D eigenvalue weighted by Gasteiger charge is -2.27. The molecule has 1 unspecified atom stereocenters. The van der Waals surface area contributed by atoms with E-state index in [9.17, 15) is 5.11 Å². The second-order valence-electron chi connectivity index (χ2n) is 6.29. The average Bonchev–Trinajstić information content (AvgIpc) is 2.43. The zero-order chi connectivity index (χ0) is 15.7. The van der Waals surface area contributed by atoms with Crippen molar-refractivity contribution in [2.24, 2.45) is 0 Å². The third-order valence-corrected chi connectivity index (χ3v) is 3.01. The summed E-state index contributed by atoms with van der Waals surface area (Å²) in [4.78, 5) is 6.19. The van der Waals surface area contributed by atoms with Gasteiger partial charge in [0.15, 0.2) is 0 Å². The van der Waals surface area contributed by atoms with E-state index >= 15 is 0 Å². The van der Waals surface area contributed by atoms with Gasteiger partial charge < -0.3 is 10.4 Å². The van der Waals surface area contributed by atoms with E-state index < -0.39 is 6.10 Å². The van der Waals surface area contributed by atoms with Crippen molar-refractivity contribution in [1.29, 1.82) is 5.26 Å². The summed E-state index contributed by atoms with van der Waals surface area (Å²) in [7, 11) is 0. The molecule has 0 aliphatic carbocycles. The fourth-order valence-electron chi connectivity index (χ4n) is 1.98. The molecule has 0 aliphatic rings. The molecule has 0 aromatic carbocycles. The van der Waals surface area contributed by atoms with Crippen LogP contribution in [0.3, 0.4) is 0 Å². The Morgan fingerprint density at radius 3 is 2.81 bits per heavy atom. The molecular weight excluding hydrogens is 264 g/mol. The number of rotatable bonds is 8. The fraction of sp³-hybridized carbons (Fsp3) is 0.625. The number of aromatic nitrogens is 1. The number of nitrogens with zero attached hydrogens (tertiary/aromatic N) is 3. The van der Waals surface area contributed by atoms with Crippen molar-refractivity contribution >= 4 is 0 Å². The van der Waals surface area contributed by atoms with E-state index in [1.165, 1.54) is 0 Å². The average molecular weight is 290 g/mol. The SMILES string of the molecule is CC(C)(C)NCC(O)CN(CCC#N)Cc1cccnc1. The van der Waals surface area contributed by atoms with Gasteiger partial charge in [-0.15, -0.1) is 0 Å². The molecule has 0 bridgehead atoms. The fourth-order valence-corrected chi connectivity index (χ4v) is 1.98. The maximum atomic E-state index is 10.2. The topological polar surface area (TPSA) is 72.2 Å². The second kappa shape index (κ2) is 8.73. The van der Waals surface area contributed by atoms with Gasteiger partial charge in [0.25, 0.3) is 0 Å². The van der Waals surface area contributed by atoms with E-state index in [4.69, 9.17) is 5.26 Å². The summed E-state index contributed by atoms with van der Waals surface area (Å²) in [6.07, 6.45) is 3.56. The zero-order valence-corrected chi connectivity index (χ0v) is 13.2. The molecule has 1 aromatic rings. The summed E-state index contributed by atoms with van der Waals surface area (Å²) in [5.41, 5.74) is 1.08. The Hall–Kier alpha value is -1.48. The highest BCUT2D eigenvalue weighted by Crippen LogP contribution is 2.05. The van der Waals surface area contributed by atoms with Crippen LogP contribution in [0.5, 0.6) is 0 Å². The van der Waals surface area contributed by atoms with Crippen LogP contribution in [0.25, 0.3) is 0 Å². The molecule has 1 heterocycles. The van der Waals surface area contributed by atoms with E-state index in [0.717, 1.165) is 5.56 Å². The number of pyridine rings is 1. The van der Waals surface area contributed by atoms with Gasteiger partial charge in [0, 0.05) is 50.5 Å². The van der Waals surface area contributed by atoms with Crippen molar-refractivity contribution in [3.63, 3.8) is 0 Å². The number of aliphatic hydroxyl groups excluding tert-OH is 1. The highest BCUT2D eigenvalue weighted by atomic mass is 16.3. The molecular formula is C16H26N4O.